The van der Waals surface area contributed by atoms with Gasteiger partial charge >= 0.3 is 5.97 Å². The molecule has 2 unspecified atom stereocenters. The summed E-state index contributed by atoms with van der Waals surface area (Å²) in [6.45, 7) is 3.29. The number of aryl methyl sites for hydroxylation is 1. The van der Waals surface area contributed by atoms with Crippen molar-refractivity contribution in [2.24, 2.45) is 5.92 Å². The van der Waals surface area contributed by atoms with Crippen LogP contribution in [0.15, 0.2) is 12.3 Å². The number of nitrogens with one attached hydrogen (secondary N) is 1. The Morgan fingerprint density at radius 1 is 1.48 bits per heavy atom. The molecule has 2 rings (SSSR count). The van der Waals surface area contributed by atoms with Gasteiger partial charge in [-0.25, -0.2) is 0 Å². The van der Waals surface area contributed by atoms with E-state index < -0.39 is 28.3 Å². The van der Waals surface area contributed by atoms with Crippen LogP contribution in [0.2, 0.25) is 0 Å². The van der Waals surface area contributed by atoms with Crippen LogP contribution in [0.25, 0.3) is 0 Å². The third-order valence-electron chi connectivity index (χ3n) is 4.43. The number of aliphatic carboxylic acids is 1. The summed E-state index contributed by atoms with van der Waals surface area (Å²) < 4.78 is 0. The molecule has 1 aromatic heterocycles. The molecule has 8 heteroatoms. The fraction of sp³-hybridized carbons (Fsp3) is 0.533. The van der Waals surface area contributed by atoms with Crippen molar-refractivity contribution in [3.63, 3.8) is 0 Å². The van der Waals surface area contributed by atoms with Gasteiger partial charge in [0.2, 0.25) is 0 Å². The van der Waals surface area contributed by atoms with E-state index in [1.54, 1.807) is 13.8 Å². The SMILES string of the molecule is Cc1ncc([N+](=O)[O-])cc1C(=O)NC1(C)CCCCC1C(=O)O. The van der Waals surface area contributed by atoms with Crippen LogP contribution >= 0.6 is 0 Å². The zero-order chi connectivity index (χ0) is 17.2. The lowest BCUT2D eigenvalue weighted by Crippen LogP contribution is -2.55. The summed E-state index contributed by atoms with van der Waals surface area (Å²) in [4.78, 5) is 38.1. The highest BCUT2D eigenvalue weighted by molar-refractivity contribution is 5.96. The summed E-state index contributed by atoms with van der Waals surface area (Å²) >= 11 is 0. The molecule has 1 heterocycles. The van der Waals surface area contributed by atoms with E-state index in [1.165, 1.54) is 6.07 Å². The second-order valence-corrected chi connectivity index (χ2v) is 6.09. The number of carbonyl (C=O) groups excluding carboxylic acids is 1. The van der Waals surface area contributed by atoms with Gasteiger partial charge in [-0.3, -0.25) is 24.7 Å². The molecule has 8 nitrogen and oxygen atoms in total. The van der Waals surface area contributed by atoms with Gasteiger partial charge in [0, 0.05) is 6.07 Å². The van der Waals surface area contributed by atoms with Gasteiger partial charge in [0.1, 0.15) is 6.20 Å². The monoisotopic (exact) mass is 321 g/mol. The highest BCUT2D eigenvalue weighted by Gasteiger charge is 2.42. The quantitative estimate of drug-likeness (QED) is 0.646. The number of hydrogen-bond acceptors (Lipinski definition) is 5. The topological polar surface area (TPSA) is 122 Å². The van der Waals surface area contributed by atoms with Crippen LogP contribution in [0.4, 0.5) is 5.69 Å². The number of carboxylic acids is 1. The zero-order valence-corrected chi connectivity index (χ0v) is 13.0. The number of pyridine rings is 1. The molecule has 0 spiro atoms. The first kappa shape index (κ1) is 16.9. The van der Waals surface area contributed by atoms with Crippen molar-refractivity contribution in [1.82, 2.24) is 10.3 Å². The van der Waals surface area contributed by atoms with Gasteiger partial charge in [0.25, 0.3) is 11.6 Å². The molecule has 2 N–H and O–H groups in total. The number of amides is 1. The Morgan fingerprint density at radius 3 is 2.78 bits per heavy atom. The highest BCUT2D eigenvalue weighted by atomic mass is 16.6. The van der Waals surface area contributed by atoms with Crippen molar-refractivity contribution in [3.05, 3.63) is 33.6 Å². The number of aromatic nitrogens is 1. The smallest absolute Gasteiger partial charge is 0.308 e. The summed E-state index contributed by atoms with van der Waals surface area (Å²) in [5.41, 5.74) is -0.697. The van der Waals surface area contributed by atoms with Crippen molar-refractivity contribution in [3.8, 4) is 0 Å². The Balaban J connectivity index is 2.28. The maximum atomic E-state index is 12.5. The maximum Gasteiger partial charge on any atom is 0.308 e. The van der Waals surface area contributed by atoms with Crippen LogP contribution in [0, 0.1) is 23.0 Å². The first-order valence-electron chi connectivity index (χ1n) is 7.41. The number of nitrogens with zero attached hydrogens (tertiary/aromatic N) is 2. The van der Waals surface area contributed by atoms with E-state index in [0.717, 1.165) is 19.0 Å². The fourth-order valence-corrected chi connectivity index (χ4v) is 3.06. The van der Waals surface area contributed by atoms with Crippen molar-refractivity contribution in [2.75, 3.05) is 0 Å². The van der Waals surface area contributed by atoms with E-state index in [1.807, 2.05) is 0 Å². The molecule has 1 aliphatic rings. The highest BCUT2D eigenvalue weighted by Crippen LogP contribution is 2.34. The molecule has 1 amide bonds. The van der Waals surface area contributed by atoms with Crippen LogP contribution < -0.4 is 5.32 Å². The molecule has 2 atom stereocenters. The third kappa shape index (κ3) is 3.46. The average Bonchev–Trinajstić information content (AvgIpc) is 2.46. The third-order valence-corrected chi connectivity index (χ3v) is 4.43. The molecule has 1 aromatic rings. The maximum absolute atomic E-state index is 12.5. The molecule has 1 fully saturated rings. The van der Waals surface area contributed by atoms with Gasteiger partial charge in [0.05, 0.1) is 27.6 Å². The van der Waals surface area contributed by atoms with E-state index in [4.69, 9.17) is 0 Å². The predicted octanol–water partition coefficient (Wildman–Crippen LogP) is 2.06. The van der Waals surface area contributed by atoms with Crippen molar-refractivity contribution >= 4 is 17.6 Å². The minimum atomic E-state index is -0.943. The van der Waals surface area contributed by atoms with E-state index in [0.29, 0.717) is 18.5 Å². The number of carbonyl (C=O) groups is 2. The van der Waals surface area contributed by atoms with Gasteiger partial charge in [-0.2, -0.15) is 0 Å². The predicted molar refractivity (Wildman–Crippen MR) is 81.1 cm³/mol. The minimum Gasteiger partial charge on any atom is -0.481 e. The van der Waals surface area contributed by atoms with E-state index in [-0.39, 0.29) is 11.3 Å². The van der Waals surface area contributed by atoms with Gasteiger partial charge in [-0.1, -0.05) is 12.8 Å². The molecular formula is C15H19N3O5. The number of hydrogen-bond donors (Lipinski definition) is 2. The van der Waals surface area contributed by atoms with Gasteiger partial charge < -0.3 is 10.4 Å². The molecule has 124 valence electrons. The van der Waals surface area contributed by atoms with Crippen LogP contribution in [0.1, 0.15) is 48.7 Å². The van der Waals surface area contributed by atoms with Crippen molar-refractivity contribution in [1.29, 1.82) is 0 Å². The summed E-state index contributed by atoms with van der Waals surface area (Å²) in [7, 11) is 0. The first-order valence-corrected chi connectivity index (χ1v) is 7.41. The summed E-state index contributed by atoms with van der Waals surface area (Å²) in [5, 5.41) is 23.0. The van der Waals surface area contributed by atoms with E-state index >= 15 is 0 Å². The molecule has 1 saturated carbocycles. The summed E-state index contributed by atoms with van der Waals surface area (Å²) in [6.07, 6.45) is 3.77. The van der Waals surface area contributed by atoms with E-state index in [9.17, 15) is 24.8 Å². The van der Waals surface area contributed by atoms with Crippen molar-refractivity contribution in [2.45, 2.75) is 45.1 Å². The molecule has 0 aliphatic heterocycles. The summed E-state index contributed by atoms with van der Waals surface area (Å²) in [5.74, 6) is -2.15. The number of carboxylic acid groups (broad SMARTS) is 1. The van der Waals surface area contributed by atoms with Crippen LogP contribution in [0.3, 0.4) is 0 Å². The second-order valence-electron chi connectivity index (χ2n) is 6.09. The number of rotatable bonds is 4. The molecule has 0 radical (unpaired) electrons. The Morgan fingerprint density at radius 2 is 2.17 bits per heavy atom. The Hall–Kier alpha value is -2.51. The fourth-order valence-electron chi connectivity index (χ4n) is 3.06. The second kappa shape index (κ2) is 6.31. The molecule has 1 aliphatic carbocycles. The van der Waals surface area contributed by atoms with Crippen LogP contribution in [-0.2, 0) is 4.79 Å². The Labute approximate surface area is 133 Å². The lowest BCUT2D eigenvalue weighted by atomic mass is 9.73. The standard InChI is InChI=1S/C15H19N3O5/c1-9-11(7-10(8-16-9)18(22)23)13(19)17-15(2)6-4-3-5-12(15)14(20)21/h7-8,12H,3-6H2,1-2H3,(H,17,19)(H,20,21). The molecule has 0 aromatic carbocycles. The van der Waals surface area contributed by atoms with Gasteiger partial charge in [-0.05, 0) is 26.7 Å². The minimum absolute atomic E-state index is 0.0927. The molecular weight excluding hydrogens is 302 g/mol. The molecule has 0 bridgehead atoms. The van der Waals surface area contributed by atoms with Gasteiger partial charge in [0.15, 0.2) is 0 Å². The lowest BCUT2D eigenvalue weighted by molar-refractivity contribution is -0.385. The normalized spacial score (nSPS) is 24.0. The largest absolute Gasteiger partial charge is 0.481 e. The zero-order valence-electron chi connectivity index (χ0n) is 13.0. The van der Waals surface area contributed by atoms with Crippen LogP contribution in [-0.4, -0.2) is 32.4 Å². The first-order chi connectivity index (χ1) is 10.7. The lowest BCUT2D eigenvalue weighted by Gasteiger charge is -2.39. The Bertz CT molecular complexity index is 661. The van der Waals surface area contributed by atoms with E-state index in [2.05, 4.69) is 10.3 Å². The van der Waals surface area contributed by atoms with Crippen LogP contribution in [0.5, 0.6) is 0 Å². The van der Waals surface area contributed by atoms with Crippen molar-refractivity contribution < 1.29 is 19.6 Å². The molecule has 23 heavy (non-hydrogen) atoms. The average molecular weight is 321 g/mol. The van der Waals surface area contributed by atoms with Gasteiger partial charge in [-0.15, -0.1) is 0 Å². The molecule has 0 saturated heterocycles. The Kier molecular flexibility index (Phi) is 4.63. The summed E-state index contributed by atoms with van der Waals surface area (Å²) in [6, 6.07) is 1.17. The number of nitro groups is 1.